The molecule has 1 saturated carbocycles. The van der Waals surface area contributed by atoms with Gasteiger partial charge in [0.25, 0.3) is 0 Å². The molecular formula is C15H24N4O. The largest absolute Gasteiger partial charge is 0.351 e. The van der Waals surface area contributed by atoms with E-state index in [1.54, 1.807) is 0 Å². The molecule has 1 saturated heterocycles. The van der Waals surface area contributed by atoms with Crippen molar-refractivity contribution in [2.75, 3.05) is 13.1 Å². The summed E-state index contributed by atoms with van der Waals surface area (Å²) in [5.74, 6) is 0.192. The molecule has 20 heavy (non-hydrogen) atoms. The summed E-state index contributed by atoms with van der Waals surface area (Å²) in [6, 6.07) is 3.01. The Morgan fingerprint density at radius 1 is 1.40 bits per heavy atom. The second-order valence-electron chi connectivity index (χ2n) is 5.88. The van der Waals surface area contributed by atoms with Crippen LogP contribution in [0.5, 0.6) is 0 Å². The first-order valence-corrected chi connectivity index (χ1v) is 7.82. The molecule has 1 aliphatic heterocycles. The molecule has 2 aliphatic rings. The van der Waals surface area contributed by atoms with Gasteiger partial charge in [0.15, 0.2) is 0 Å². The monoisotopic (exact) mass is 276 g/mol. The summed E-state index contributed by atoms with van der Waals surface area (Å²) in [7, 11) is 0. The summed E-state index contributed by atoms with van der Waals surface area (Å²) < 4.78 is 2.04. The number of aromatic nitrogens is 2. The van der Waals surface area contributed by atoms with E-state index in [1.165, 1.54) is 25.0 Å². The average molecular weight is 276 g/mol. The van der Waals surface area contributed by atoms with Gasteiger partial charge >= 0.3 is 0 Å². The zero-order valence-corrected chi connectivity index (χ0v) is 12.2. The quantitative estimate of drug-likeness (QED) is 0.898. The number of nitrogens with one attached hydrogen (secondary N) is 1. The molecule has 0 aromatic carbocycles. The minimum Gasteiger partial charge on any atom is -0.351 e. The first kappa shape index (κ1) is 13.6. The number of hydrogen-bond acceptors (Lipinski definition) is 3. The fourth-order valence-corrected chi connectivity index (χ4v) is 3.63. The fraction of sp³-hybridized carbons (Fsp3) is 0.733. The van der Waals surface area contributed by atoms with Gasteiger partial charge in [-0.25, -0.2) is 0 Å². The number of fused-ring (bicyclic) bond motifs is 1. The Morgan fingerprint density at radius 3 is 3.10 bits per heavy atom. The van der Waals surface area contributed by atoms with Gasteiger partial charge in [-0.15, -0.1) is 0 Å². The van der Waals surface area contributed by atoms with Crippen molar-refractivity contribution in [1.82, 2.24) is 20.0 Å². The van der Waals surface area contributed by atoms with E-state index in [0.717, 1.165) is 25.9 Å². The maximum absolute atomic E-state index is 11.8. The number of amides is 1. The highest BCUT2D eigenvalue weighted by atomic mass is 16.2. The lowest BCUT2D eigenvalue weighted by molar-refractivity contribution is -0.128. The van der Waals surface area contributed by atoms with E-state index < -0.39 is 0 Å². The van der Waals surface area contributed by atoms with E-state index in [4.69, 9.17) is 0 Å². The summed E-state index contributed by atoms with van der Waals surface area (Å²) >= 11 is 0. The Hall–Kier alpha value is -1.36. The highest BCUT2D eigenvalue weighted by Crippen LogP contribution is 2.25. The van der Waals surface area contributed by atoms with Gasteiger partial charge in [0.05, 0.1) is 6.54 Å². The summed E-state index contributed by atoms with van der Waals surface area (Å²) in [5, 5.41) is 7.48. The lowest BCUT2D eigenvalue weighted by atomic mass is 9.87. The van der Waals surface area contributed by atoms with Crippen LogP contribution in [-0.4, -0.2) is 45.8 Å². The molecule has 2 heterocycles. The summed E-state index contributed by atoms with van der Waals surface area (Å²) in [4.78, 5) is 14.2. The van der Waals surface area contributed by atoms with Crippen LogP contribution < -0.4 is 5.32 Å². The zero-order valence-electron chi connectivity index (χ0n) is 12.2. The predicted molar refractivity (Wildman–Crippen MR) is 77.4 cm³/mol. The minimum absolute atomic E-state index is 0.192. The maximum Gasteiger partial charge on any atom is 0.234 e. The maximum atomic E-state index is 11.8. The van der Waals surface area contributed by atoms with Crippen LogP contribution in [-0.2, 0) is 17.8 Å². The SMILES string of the molecule is CCn1nccc1CCN1CC(=O)N[C@@H]2CCCC[C@H]21. The number of carbonyl (C=O) groups excluding carboxylic acids is 1. The van der Waals surface area contributed by atoms with Gasteiger partial charge in [-0.05, 0) is 25.8 Å². The van der Waals surface area contributed by atoms with Crippen LogP contribution >= 0.6 is 0 Å². The second-order valence-corrected chi connectivity index (χ2v) is 5.88. The van der Waals surface area contributed by atoms with Crippen molar-refractivity contribution in [3.8, 4) is 0 Å². The number of piperazine rings is 1. The van der Waals surface area contributed by atoms with E-state index in [0.29, 0.717) is 18.6 Å². The molecule has 1 amide bonds. The number of hydrogen-bond donors (Lipinski definition) is 1. The van der Waals surface area contributed by atoms with E-state index in [-0.39, 0.29) is 5.91 Å². The Balaban J connectivity index is 1.64. The Labute approximate surface area is 120 Å². The summed E-state index contributed by atoms with van der Waals surface area (Å²) in [6.45, 7) is 4.54. The lowest BCUT2D eigenvalue weighted by Gasteiger charge is -2.44. The van der Waals surface area contributed by atoms with Gasteiger partial charge in [-0.1, -0.05) is 12.8 Å². The Kier molecular flexibility index (Phi) is 4.05. The smallest absolute Gasteiger partial charge is 0.234 e. The predicted octanol–water partition coefficient (Wildman–Crippen LogP) is 1.19. The molecule has 0 unspecified atom stereocenters. The first-order valence-electron chi connectivity index (χ1n) is 7.82. The molecule has 0 bridgehead atoms. The molecule has 2 fully saturated rings. The number of carbonyl (C=O) groups is 1. The average Bonchev–Trinajstić information content (AvgIpc) is 2.92. The molecule has 2 atom stereocenters. The third-order valence-corrected chi connectivity index (χ3v) is 4.65. The molecule has 1 aromatic heterocycles. The number of rotatable bonds is 4. The molecule has 0 radical (unpaired) electrons. The van der Waals surface area contributed by atoms with Crippen molar-refractivity contribution in [2.24, 2.45) is 0 Å². The van der Waals surface area contributed by atoms with Crippen molar-refractivity contribution in [3.63, 3.8) is 0 Å². The van der Waals surface area contributed by atoms with Gasteiger partial charge in [-0.3, -0.25) is 14.4 Å². The first-order chi connectivity index (χ1) is 9.78. The molecule has 3 rings (SSSR count). The van der Waals surface area contributed by atoms with Crippen LogP contribution in [0, 0.1) is 0 Å². The molecule has 1 aliphatic carbocycles. The van der Waals surface area contributed by atoms with E-state index in [9.17, 15) is 4.79 Å². The van der Waals surface area contributed by atoms with Crippen LogP contribution in [0.1, 0.15) is 38.3 Å². The van der Waals surface area contributed by atoms with Crippen molar-refractivity contribution in [3.05, 3.63) is 18.0 Å². The normalized spacial score (nSPS) is 27.1. The van der Waals surface area contributed by atoms with Gasteiger partial charge in [0.1, 0.15) is 0 Å². The van der Waals surface area contributed by atoms with Crippen LogP contribution in [0.25, 0.3) is 0 Å². The third-order valence-electron chi connectivity index (χ3n) is 4.65. The standard InChI is InChI=1S/C15H24N4O/c1-2-19-12(7-9-16-19)8-10-18-11-15(20)17-13-5-3-4-6-14(13)18/h7,9,13-14H,2-6,8,10-11H2,1H3,(H,17,20)/t13-,14-/m1/s1. The summed E-state index contributed by atoms with van der Waals surface area (Å²) in [6.07, 6.45) is 7.74. The van der Waals surface area contributed by atoms with Crippen LogP contribution in [0.2, 0.25) is 0 Å². The zero-order chi connectivity index (χ0) is 13.9. The molecule has 0 spiro atoms. The Morgan fingerprint density at radius 2 is 2.25 bits per heavy atom. The highest BCUT2D eigenvalue weighted by molar-refractivity contribution is 5.79. The molecule has 5 nitrogen and oxygen atoms in total. The second kappa shape index (κ2) is 5.95. The summed E-state index contributed by atoms with van der Waals surface area (Å²) in [5.41, 5.74) is 1.27. The van der Waals surface area contributed by atoms with Crippen molar-refractivity contribution in [1.29, 1.82) is 0 Å². The van der Waals surface area contributed by atoms with E-state index in [2.05, 4.69) is 28.3 Å². The van der Waals surface area contributed by atoms with Crippen molar-refractivity contribution < 1.29 is 4.79 Å². The van der Waals surface area contributed by atoms with Gasteiger partial charge in [-0.2, -0.15) is 5.10 Å². The van der Waals surface area contributed by atoms with Crippen molar-refractivity contribution in [2.45, 2.75) is 57.7 Å². The van der Waals surface area contributed by atoms with Gasteiger partial charge in [0, 0.05) is 43.5 Å². The molecule has 1 aromatic rings. The van der Waals surface area contributed by atoms with Crippen molar-refractivity contribution >= 4 is 5.91 Å². The topological polar surface area (TPSA) is 50.2 Å². The number of nitrogens with zero attached hydrogens (tertiary/aromatic N) is 3. The van der Waals surface area contributed by atoms with Crippen LogP contribution in [0.4, 0.5) is 0 Å². The minimum atomic E-state index is 0.192. The molecule has 110 valence electrons. The molecular weight excluding hydrogens is 252 g/mol. The lowest BCUT2D eigenvalue weighted by Crippen LogP contribution is -2.61. The van der Waals surface area contributed by atoms with Crippen LogP contribution in [0.3, 0.4) is 0 Å². The van der Waals surface area contributed by atoms with E-state index in [1.807, 2.05) is 10.9 Å². The van der Waals surface area contributed by atoms with Gasteiger partial charge < -0.3 is 5.32 Å². The third kappa shape index (κ3) is 2.73. The highest BCUT2D eigenvalue weighted by Gasteiger charge is 2.35. The fourth-order valence-electron chi connectivity index (χ4n) is 3.63. The number of aryl methyl sites for hydroxylation is 1. The molecule has 5 heteroatoms. The van der Waals surface area contributed by atoms with Gasteiger partial charge in [0.2, 0.25) is 5.91 Å². The Bertz CT molecular complexity index is 470. The van der Waals surface area contributed by atoms with Crippen LogP contribution in [0.15, 0.2) is 12.3 Å². The molecule has 1 N–H and O–H groups in total. The van der Waals surface area contributed by atoms with E-state index >= 15 is 0 Å².